The lowest BCUT2D eigenvalue weighted by Gasteiger charge is -2.17. The molecule has 4 nitrogen and oxygen atoms in total. The minimum atomic E-state index is -0.474. The zero-order chi connectivity index (χ0) is 18.0. The van der Waals surface area contributed by atoms with Crippen LogP contribution in [0.5, 0.6) is 5.75 Å². The van der Waals surface area contributed by atoms with Crippen LogP contribution in [0.3, 0.4) is 0 Å². The summed E-state index contributed by atoms with van der Waals surface area (Å²) in [5, 5.41) is 0.604. The fraction of sp³-hybridized carbons (Fsp3) is 0.300. The van der Waals surface area contributed by atoms with Crippen molar-refractivity contribution in [3.8, 4) is 5.75 Å². The number of esters is 1. The molecule has 1 heterocycles. The predicted octanol–water partition coefficient (Wildman–Crippen LogP) is 4.17. The van der Waals surface area contributed by atoms with Gasteiger partial charge >= 0.3 is 5.97 Å². The molecule has 1 fully saturated rings. The Morgan fingerprint density at radius 3 is 2.60 bits per heavy atom. The van der Waals surface area contributed by atoms with Crippen LogP contribution in [0.25, 0.3) is 0 Å². The first-order valence-corrected chi connectivity index (χ1v) is 8.73. The van der Waals surface area contributed by atoms with Crippen LogP contribution in [-0.2, 0) is 16.0 Å². The SMILES string of the molecule is CCc1ccc(OC(=O)[C@H]2CC(=O)N(c3ccc(C)c(Cl)c3)C2)cc1. The third-order valence-electron chi connectivity index (χ3n) is 4.48. The van der Waals surface area contributed by atoms with Gasteiger partial charge in [0.1, 0.15) is 5.75 Å². The third-order valence-corrected chi connectivity index (χ3v) is 4.88. The van der Waals surface area contributed by atoms with Gasteiger partial charge in [0.25, 0.3) is 0 Å². The molecule has 0 radical (unpaired) electrons. The quantitative estimate of drug-likeness (QED) is 0.609. The summed E-state index contributed by atoms with van der Waals surface area (Å²) in [5.74, 6) is -0.439. The van der Waals surface area contributed by atoms with Gasteiger partial charge in [0.15, 0.2) is 0 Å². The summed E-state index contributed by atoms with van der Waals surface area (Å²) in [4.78, 5) is 26.3. The summed E-state index contributed by atoms with van der Waals surface area (Å²) in [6.07, 6.45) is 1.08. The van der Waals surface area contributed by atoms with Crippen LogP contribution in [0.1, 0.15) is 24.5 Å². The molecule has 0 unspecified atom stereocenters. The molecule has 3 rings (SSSR count). The lowest BCUT2D eigenvalue weighted by Crippen LogP contribution is -2.27. The fourth-order valence-corrected chi connectivity index (χ4v) is 3.03. The van der Waals surface area contributed by atoms with E-state index >= 15 is 0 Å². The molecular weight excluding hydrogens is 338 g/mol. The molecule has 1 aliphatic heterocycles. The number of halogens is 1. The normalized spacial score (nSPS) is 17.0. The molecule has 25 heavy (non-hydrogen) atoms. The topological polar surface area (TPSA) is 46.6 Å². The predicted molar refractivity (Wildman–Crippen MR) is 98.1 cm³/mol. The highest BCUT2D eigenvalue weighted by molar-refractivity contribution is 6.31. The Balaban J connectivity index is 1.68. The van der Waals surface area contributed by atoms with Gasteiger partial charge in [-0.1, -0.05) is 36.7 Å². The van der Waals surface area contributed by atoms with Crippen molar-refractivity contribution in [3.05, 3.63) is 58.6 Å². The summed E-state index contributed by atoms with van der Waals surface area (Å²) in [5.41, 5.74) is 2.84. The second kappa shape index (κ2) is 7.28. The standard InChI is InChI=1S/C20H20ClNO3/c1-3-14-5-8-17(9-6-14)25-20(24)15-10-19(23)22(12-15)16-7-4-13(2)18(21)11-16/h4-9,11,15H,3,10,12H2,1-2H3/t15-/m0/s1. The minimum absolute atomic E-state index is 0.0943. The summed E-state index contributed by atoms with van der Waals surface area (Å²) >= 11 is 6.14. The minimum Gasteiger partial charge on any atom is -0.426 e. The van der Waals surface area contributed by atoms with Crippen molar-refractivity contribution in [3.63, 3.8) is 0 Å². The number of ether oxygens (including phenoxy) is 1. The average molecular weight is 358 g/mol. The van der Waals surface area contributed by atoms with Crippen molar-refractivity contribution in [1.82, 2.24) is 0 Å². The number of carbonyl (C=O) groups is 2. The van der Waals surface area contributed by atoms with Crippen LogP contribution in [0, 0.1) is 12.8 Å². The molecule has 0 saturated carbocycles. The van der Waals surface area contributed by atoms with E-state index in [-0.39, 0.29) is 18.3 Å². The molecule has 2 aromatic carbocycles. The largest absolute Gasteiger partial charge is 0.426 e. The monoisotopic (exact) mass is 357 g/mol. The van der Waals surface area contributed by atoms with Gasteiger partial charge in [-0.05, 0) is 48.7 Å². The van der Waals surface area contributed by atoms with E-state index in [9.17, 15) is 9.59 Å². The van der Waals surface area contributed by atoms with Gasteiger partial charge in [-0.25, -0.2) is 0 Å². The number of amides is 1. The van der Waals surface area contributed by atoms with Crippen LogP contribution in [0.4, 0.5) is 5.69 Å². The maximum Gasteiger partial charge on any atom is 0.316 e. The van der Waals surface area contributed by atoms with Crippen molar-refractivity contribution >= 4 is 29.2 Å². The van der Waals surface area contributed by atoms with E-state index in [4.69, 9.17) is 16.3 Å². The first-order chi connectivity index (χ1) is 12.0. The van der Waals surface area contributed by atoms with Crippen molar-refractivity contribution in [2.75, 3.05) is 11.4 Å². The molecule has 1 amide bonds. The van der Waals surface area contributed by atoms with Gasteiger partial charge in [-0.15, -0.1) is 0 Å². The Hall–Kier alpha value is -2.33. The zero-order valence-electron chi connectivity index (χ0n) is 14.3. The van der Waals surface area contributed by atoms with E-state index < -0.39 is 5.92 Å². The highest BCUT2D eigenvalue weighted by atomic mass is 35.5. The Morgan fingerprint density at radius 1 is 1.24 bits per heavy atom. The Labute approximate surface area is 152 Å². The molecule has 1 saturated heterocycles. The van der Waals surface area contributed by atoms with Crippen LogP contribution in [0.15, 0.2) is 42.5 Å². The highest BCUT2D eigenvalue weighted by Gasteiger charge is 2.36. The van der Waals surface area contributed by atoms with Crippen molar-refractivity contribution in [2.45, 2.75) is 26.7 Å². The van der Waals surface area contributed by atoms with Gasteiger partial charge in [0, 0.05) is 23.7 Å². The van der Waals surface area contributed by atoms with Crippen molar-refractivity contribution in [2.24, 2.45) is 5.92 Å². The Kier molecular flexibility index (Phi) is 5.09. The first kappa shape index (κ1) is 17.5. The summed E-state index contributed by atoms with van der Waals surface area (Å²) < 4.78 is 5.43. The second-order valence-corrected chi connectivity index (χ2v) is 6.66. The van der Waals surface area contributed by atoms with E-state index in [0.717, 1.165) is 12.0 Å². The molecule has 2 aromatic rings. The average Bonchev–Trinajstić information content (AvgIpc) is 3.00. The van der Waals surface area contributed by atoms with Crippen molar-refractivity contribution < 1.29 is 14.3 Å². The zero-order valence-corrected chi connectivity index (χ0v) is 15.0. The Bertz CT molecular complexity index is 801. The molecule has 0 bridgehead atoms. The van der Waals surface area contributed by atoms with E-state index in [0.29, 0.717) is 23.0 Å². The molecule has 5 heteroatoms. The van der Waals surface area contributed by atoms with E-state index in [1.807, 2.05) is 31.2 Å². The van der Waals surface area contributed by atoms with Crippen LogP contribution in [0.2, 0.25) is 5.02 Å². The van der Waals surface area contributed by atoms with Gasteiger partial charge in [-0.3, -0.25) is 9.59 Å². The molecule has 0 spiro atoms. The molecular formula is C20H20ClNO3. The smallest absolute Gasteiger partial charge is 0.316 e. The number of hydrogen-bond acceptors (Lipinski definition) is 3. The molecule has 0 aliphatic carbocycles. The second-order valence-electron chi connectivity index (χ2n) is 6.26. The van der Waals surface area contributed by atoms with Gasteiger partial charge in [0.05, 0.1) is 5.92 Å². The number of hydrogen-bond donors (Lipinski definition) is 0. The summed E-state index contributed by atoms with van der Waals surface area (Å²) in [6.45, 7) is 4.28. The lowest BCUT2D eigenvalue weighted by molar-refractivity contribution is -0.139. The van der Waals surface area contributed by atoms with E-state index in [2.05, 4.69) is 6.92 Å². The molecule has 0 aromatic heterocycles. The number of aryl methyl sites for hydroxylation is 2. The summed E-state index contributed by atoms with van der Waals surface area (Å²) in [7, 11) is 0. The fourth-order valence-electron chi connectivity index (χ4n) is 2.86. The van der Waals surface area contributed by atoms with Crippen LogP contribution >= 0.6 is 11.6 Å². The van der Waals surface area contributed by atoms with Gasteiger partial charge in [-0.2, -0.15) is 0 Å². The summed E-state index contributed by atoms with van der Waals surface area (Å²) in [6, 6.07) is 12.9. The number of carbonyl (C=O) groups excluding carboxylic acids is 2. The van der Waals surface area contributed by atoms with Crippen LogP contribution < -0.4 is 9.64 Å². The maximum atomic E-state index is 12.4. The molecule has 1 aliphatic rings. The highest BCUT2D eigenvalue weighted by Crippen LogP contribution is 2.29. The molecule has 130 valence electrons. The van der Waals surface area contributed by atoms with Gasteiger partial charge in [0.2, 0.25) is 5.91 Å². The Morgan fingerprint density at radius 2 is 1.96 bits per heavy atom. The first-order valence-electron chi connectivity index (χ1n) is 8.35. The maximum absolute atomic E-state index is 12.4. The number of anilines is 1. The molecule has 0 N–H and O–H groups in total. The van der Waals surface area contributed by atoms with Crippen molar-refractivity contribution in [1.29, 1.82) is 0 Å². The third kappa shape index (κ3) is 3.85. The van der Waals surface area contributed by atoms with E-state index in [1.165, 1.54) is 5.56 Å². The molecule has 1 atom stereocenters. The number of nitrogens with zero attached hydrogens (tertiary/aromatic N) is 1. The number of rotatable bonds is 4. The van der Waals surface area contributed by atoms with Crippen LogP contribution in [-0.4, -0.2) is 18.4 Å². The number of benzene rings is 2. The van der Waals surface area contributed by atoms with Gasteiger partial charge < -0.3 is 9.64 Å². The van der Waals surface area contributed by atoms with E-state index in [1.54, 1.807) is 23.1 Å². The lowest BCUT2D eigenvalue weighted by atomic mass is 10.1.